The third-order valence-corrected chi connectivity index (χ3v) is 7.43. The van der Waals surface area contributed by atoms with E-state index in [1.165, 1.54) is 6.20 Å². The highest BCUT2D eigenvalue weighted by atomic mass is 32.2. The maximum absolute atomic E-state index is 12.6. The molecule has 2 aromatic rings. The molecule has 1 aromatic carbocycles. The molecule has 0 spiro atoms. The van der Waals surface area contributed by atoms with Crippen LogP contribution in [0.4, 0.5) is 5.69 Å². The van der Waals surface area contributed by atoms with E-state index in [0.717, 1.165) is 24.2 Å². The predicted octanol–water partition coefficient (Wildman–Crippen LogP) is 2.61. The Bertz CT molecular complexity index is 996. The van der Waals surface area contributed by atoms with E-state index in [-0.39, 0.29) is 17.3 Å². The molecule has 9 heteroatoms. The normalized spacial score (nSPS) is 17.3. The average molecular weight is 446 g/mol. The van der Waals surface area contributed by atoms with Crippen molar-refractivity contribution in [2.45, 2.75) is 43.5 Å². The molecule has 4 rings (SSSR count). The highest BCUT2D eigenvalue weighted by molar-refractivity contribution is 7.93. The van der Waals surface area contributed by atoms with Gasteiger partial charge in [-0.05, 0) is 36.6 Å². The molecule has 1 N–H and O–H groups in total. The van der Waals surface area contributed by atoms with Gasteiger partial charge in [-0.1, -0.05) is 12.1 Å². The minimum absolute atomic E-state index is 0.0217. The first-order valence-corrected chi connectivity index (χ1v) is 12.0. The molecule has 1 aliphatic carbocycles. The van der Waals surface area contributed by atoms with Gasteiger partial charge in [-0.25, -0.2) is 13.4 Å². The number of rotatable bonds is 8. The van der Waals surface area contributed by atoms with Gasteiger partial charge < -0.3 is 14.4 Å². The maximum atomic E-state index is 12.6. The number of carbonyl (C=O) groups is 1. The van der Waals surface area contributed by atoms with Crippen molar-refractivity contribution < 1.29 is 22.7 Å². The van der Waals surface area contributed by atoms with E-state index in [9.17, 15) is 13.2 Å². The number of amides is 1. The number of anilines is 1. The molecule has 8 nitrogen and oxygen atoms in total. The van der Waals surface area contributed by atoms with E-state index in [4.69, 9.17) is 9.47 Å². The van der Waals surface area contributed by atoms with Gasteiger partial charge in [0.25, 0.3) is 0 Å². The van der Waals surface area contributed by atoms with Crippen LogP contribution in [0.1, 0.15) is 31.2 Å². The van der Waals surface area contributed by atoms with Gasteiger partial charge in [0.1, 0.15) is 11.9 Å². The summed E-state index contributed by atoms with van der Waals surface area (Å²) in [6.45, 7) is 1.28. The molecule has 2 aliphatic rings. The number of nitrogens with one attached hydrogen (secondary N) is 1. The molecule has 2 fully saturated rings. The Hall–Kier alpha value is -2.81. The zero-order valence-corrected chi connectivity index (χ0v) is 18.3. The summed E-state index contributed by atoms with van der Waals surface area (Å²) in [5, 5.41) is -0.277. The summed E-state index contributed by atoms with van der Waals surface area (Å²) in [4.78, 5) is 18.7. The van der Waals surface area contributed by atoms with E-state index in [1.54, 1.807) is 19.2 Å². The number of carbonyl (C=O) groups excluding carboxylic acids is 1. The lowest BCUT2D eigenvalue weighted by Crippen LogP contribution is -2.42. The van der Waals surface area contributed by atoms with Crippen LogP contribution in [-0.4, -0.2) is 55.8 Å². The Balaban J connectivity index is 1.23. The number of hydrogen-bond donors (Lipinski definition) is 1. The van der Waals surface area contributed by atoms with Gasteiger partial charge in [0.15, 0.2) is 0 Å². The highest BCUT2D eigenvalue weighted by Gasteiger charge is 2.35. The Morgan fingerprint density at radius 2 is 1.81 bits per heavy atom. The van der Waals surface area contributed by atoms with E-state index < -0.39 is 10.0 Å². The number of sulfonamides is 1. The number of aromatic nitrogens is 1. The van der Waals surface area contributed by atoms with Gasteiger partial charge in [0.05, 0.1) is 30.7 Å². The Kier molecular flexibility index (Phi) is 6.31. The van der Waals surface area contributed by atoms with Crippen LogP contribution < -0.4 is 14.2 Å². The second-order valence-electron chi connectivity index (χ2n) is 7.95. The van der Waals surface area contributed by atoms with E-state index in [2.05, 4.69) is 9.71 Å². The van der Waals surface area contributed by atoms with Gasteiger partial charge in [-0.2, -0.15) is 0 Å². The molecule has 1 amide bonds. The molecule has 1 saturated carbocycles. The monoisotopic (exact) mass is 445 g/mol. The topological polar surface area (TPSA) is 97.8 Å². The van der Waals surface area contributed by atoms with Gasteiger partial charge >= 0.3 is 0 Å². The van der Waals surface area contributed by atoms with Gasteiger partial charge in [0.2, 0.25) is 21.8 Å². The summed E-state index contributed by atoms with van der Waals surface area (Å²) in [6, 6.07) is 10.9. The lowest BCUT2D eigenvalue weighted by Gasteiger charge is -2.32. The number of piperidine rings is 1. The molecular formula is C22H27N3O5S. The van der Waals surface area contributed by atoms with E-state index in [0.29, 0.717) is 43.9 Å². The number of hydrogen-bond acceptors (Lipinski definition) is 6. The zero-order chi connectivity index (χ0) is 21.8. The van der Waals surface area contributed by atoms with E-state index >= 15 is 0 Å². The third kappa shape index (κ3) is 5.66. The Morgan fingerprint density at radius 3 is 2.39 bits per heavy atom. The largest absolute Gasteiger partial charge is 0.497 e. The van der Waals surface area contributed by atoms with Crippen LogP contribution in [0.25, 0.3) is 0 Å². The Labute approximate surface area is 182 Å². The second-order valence-corrected chi connectivity index (χ2v) is 9.92. The quantitative estimate of drug-likeness (QED) is 0.671. The number of pyridine rings is 1. The number of methoxy groups -OCH3 is 1. The van der Waals surface area contributed by atoms with Crippen molar-refractivity contribution in [3.05, 3.63) is 48.2 Å². The van der Waals surface area contributed by atoms with Crippen LogP contribution in [-0.2, 0) is 21.2 Å². The first-order valence-electron chi connectivity index (χ1n) is 10.5. The first kappa shape index (κ1) is 21.4. The fraction of sp³-hybridized carbons (Fsp3) is 0.455. The molecule has 0 atom stereocenters. The number of benzene rings is 1. The third-order valence-electron chi connectivity index (χ3n) is 5.56. The van der Waals surface area contributed by atoms with Crippen LogP contribution >= 0.6 is 0 Å². The maximum Gasteiger partial charge on any atom is 0.235 e. The van der Waals surface area contributed by atoms with E-state index in [1.807, 2.05) is 29.2 Å². The standard InChI is InChI=1S/C22H27N3O5S/c1-29-18-5-2-16(3-6-18)14-22(26)25-12-10-19(11-13-25)30-21-9-4-17(15-23-21)24-31(27,28)20-7-8-20/h2-6,9,15,19-20,24H,7-8,10-14H2,1H3. The SMILES string of the molecule is COc1ccc(CC(=O)N2CCC(Oc3ccc(NS(=O)(=O)C4CC4)cn3)CC2)cc1. The minimum Gasteiger partial charge on any atom is -0.497 e. The van der Waals surface area contributed by atoms with Crippen molar-refractivity contribution in [1.29, 1.82) is 0 Å². The molecular weight excluding hydrogens is 418 g/mol. The molecule has 1 aromatic heterocycles. The fourth-order valence-electron chi connectivity index (χ4n) is 3.56. The van der Waals surface area contributed by atoms with Crippen molar-refractivity contribution in [3.63, 3.8) is 0 Å². The second kappa shape index (κ2) is 9.13. The number of ether oxygens (including phenoxy) is 2. The van der Waals surface area contributed by atoms with Crippen LogP contribution in [0.15, 0.2) is 42.6 Å². The number of likely N-dealkylation sites (tertiary alicyclic amines) is 1. The predicted molar refractivity (Wildman–Crippen MR) is 117 cm³/mol. The van der Waals surface area contributed by atoms with Gasteiger partial charge in [-0.15, -0.1) is 0 Å². The smallest absolute Gasteiger partial charge is 0.235 e. The molecule has 1 saturated heterocycles. The van der Waals surface area contributed by atoms with Crippen molar-refractivity contribution in [2.75, 3.05) is 24.9 Å². The zero-order valence-electron chi connectivity index (χ0n) is 17.5. The molecule has 0 bridgehead atoms. The molecule has 0 radical (unpaired) electrons. The van der Waals surface area contributed by atoms with Crippen molar-refractivity contribution in [1.82, 2.24) is 9.88 Å². The van der Waals surface area contributed by atoms with Crippen LogP contribution in [0, 0.1) is 0 Å². The molecule has 1 aliphatic heterocycles. The Morgan fingerprint density at radius 1 is 1.10 bits per heavy atom. The lowest BCUT2D eigenvalue weighted by molar-refractivity contribution is -0.132. The molecule has 31 heavy (non-hydrogen) atoms. The summed E-state index contributed by atoms with van der Waals surface area (Å²) < 4.78 is 37.6. The number of nitrogens with zero attached hydrogens (tertiary/aromatic N) is 2. The van der Waals surface area contributed by atoms with Gasteiger partial charge in [-0.3, -0.25) is 9.52 Å². The fourth-order valence-corrected chi connectivity index (χ4v) is 4.93. The van der Waals surface area contributed by atoms with Crippen LogP contribution in [0.5, 0.6) is 11.6 Å². The van der Waals surface area contributed by atoms with Crippen molar-refractivity contribution >= 4 is 21.6 Å². The summed E-state index contributed by atoms with van der Waals surface area (Å²) >= 11 is 0. The van der Waals surface area contributed by atoms with Crippen molar-refractivity contribution in [3.8, 4) is 11.6 Å². The summed E-state index contributed by atoms with van der Waals surface area (Å²) in [6.07, 6.45) is 4.71. The van der Waals surface area contributed by atoms with Crippen molar-refractivity contribution in [2.24, 2.45) is 0 Å². The summed E-state index contributed by atoms with van der Waals surface area (Å²) in [5.74, 6) is 1.34. The summed E-state index contributed by atoms with van der Waals surface area (Å²) in [7, 11) is -1.68. The molecule has 2 heterocycles. The first-order chi connectivity index (χ1) is 14.9. The minimum atomic E-state index is -3.30. The average Bonchev–Trinajstić information content (AvgIpc) is 3.62. The summed E-state index contributed by atoms with van der Waals surface area (Å²) in [5.41, 5.74) is 1.41. The highest BCUT2D eigenvalue weighted by Crippen LogP contribution is 2.30. The van der Waals surface area contributed by atoms with Crippen LogP contribution in [0.2, 0.25) is 0 Å². The molecule has 0 unspecified atom stereocenters. The lowest BCUT2D eigenvalue weighted by atomic mass is 10.1. The van der Waals surface area contributed by atoms with Gasteiger partial charge in [0, 0.05) is 32.0 Å². The van der Waals surface area contributed by atoms with Crippen LogP contribution in [0.3, 0.4) is 0 Å². The molecule has 166 valence electrons.